The van der Waals surface area contributed by atoms with Crippen LogP contribution in [-0.2, 0) is 16.4 Å². The molecule has 3 heterocycles. The Hall–Kier alpha value is -2.68. The zero-order valence-corrected chi connectivity index (χ0v) is 19.1. The lowest BCUT2D eigenvalue weighted by Crippen LogP contribution is -2.40. The van der Waals surface area contributed by atoms with E-state index in [1.807, 2.05) is 6.92 Å². The number of piperidine rings is 1. The topological polar surface area (TPSA) is 95.5 Å². The van der Waals surface area contributed by atoms with Crippen molar-refractivity contribution in [2.24, 2.45) is 0 Å². The van der Waals surface area contributed by atoms with Gasteiger partial charge in [0.2, 0.25) is 10.0 Å². The second-order valence-electron chi connectivity index (χ2n) is 8.50. The van der Waals surface area contributed by atoms with E-state index in [-0.39, 0.29) is 11.8 Å². The van der Waals surface area contributed by atoms with Crippen LogP contribution in [0.5, 0.6) is 0 Å². The van der Waals surface area contributed by atoms with Crippen molar-refractivity contribution in [1.29, 1.82) is 0 Å². The number of benzene rings is 1. The number of carbonyl (C=O) groups is 1. The largest absolute Gasteiger partial charge is 0.359 e. The van der Waals surface area contributed by atoms with Crippen LogP contribution < -0.4 is 9.62 Å². The number of sulfonamides is 1. The third-order valence-corrected chi connectivity index (χ3v) is 6.61. The SMILES string of the molecule is Cc1nc([C@H]2CCCN(C(=O)c3ccccc3NS(C)(=O)=O)C2)nc2c1CCCN2C. The number of fused-ring (bicyclic) bond motifs is 1. The maximum absolute atomic E-state index is 13.3. The summed E-state index contributed by atoms with van der Waals surface area (Å²) >= 11 is 0. The molecule has 8 nitrogen and oxygen atoms in total. The molecule has 0 aliphatic carbocycles. The van der Waals surface area contributed by atoms with Gasteiger partial charge in [0, 0.05) is 43.9 Å². The summed E-state index contributed by atoms with van der Waals surface area (Å²) in [6.45, 7) is 4.19. The van der Waals surface area contributed by atoms with E-state index in [4.69, 9.17) is 9.97 Å². The number of anilines is 2. The molecule has 166 valence electrons. The zero-order chi connectivity index (χ0) is 22.2. The normalized spacial score (nSPS) is 19.1. The lowest BCUT2D eigenvalue weighted by molar-refractivity contribution is 0.0705. The smallest absolute Gasteiger partial charge is 0.256 e. The van der Waals surface area contributed by atoms with Crippen LogP contribution >= 0.6 is 0 Å². The monoisotopic (exact) mass is 443 g/mol. The summed E-state index contributed by atoms with van der Waals surface area (Å²) in [6, 6.07) is 6.73. The molecular weight excluding hydrogens is 414 g/mol. The van der Waals surface area contributed by atoms with Crippen molar-refractivity contribution in [3.63, 3.8) is 0 Å². The molecule has 1 aromatic heterocycles. The van der Waals surface area contributed by atoms with E-state index in [0.717, 1.165) is 55.8 Å². The van der Waals surface area contributed by atoms with Gasteiger partial charge in [-0.05, 0) is 44.7 Å². The summed E-state index contributed by atoms with van der Waals surface area (Å²) in [5.74, 6) is 1.69. The number of carbonyl (C=O) groups excluding carboxylic acids is 1. The fraction of sp³-hybridized carbons (Fsp3) is 0.500. The third-order valence-electron chi connectivity index (χ3n) is 6.02. The van der Waals surface area contributed by atoms with Gasteiger partial charge >= 0.3 is 0 Å². The maximum Gasteiger partial charge on any atom is 0.256 e. The molecule has 4 rings (SSSR count). The van der Waals surface area contributed by atoms with Crippen molar-refractivity contribution in [2.75, 3.05) is 42.6 Å². The van der Waals surface area contributed by atoms with Gasteiger partial charge < -0.3 is 9.80 Å². The summed E-state index contributed by atoms with van der Waals surface area (Å²) in [7, 11) is -1.42. The lowest BCUT2D eigenvalue weighted by atomic mass is 9.95. The van der Waals surface area contributed by atoms with Gasteiger partial charge in [0.15, 0.2) is 0 Å². The predicted octanol–water partition coefficient (Wildman–Crippen LogP) is 2.56. The number of aromatic nitrogens is 2. The Bertz CT molecular complexity index is 1100. The van der Waals surface area contributed by atoms with Crippen LogP contribution in [0.1, 0.15) is 52.6 Å². The van der Waals surface area contributed by atoms with E-state index >= 15 is 0 Å². The predicted molar refractivity (Wildman–Crippen MR) is 121 cm³/mol. The standard InChI is InChI=1S/C22H29N5O3S/c1-15-17-10-7-12-26(2)21(17)24-20(23-15)16-8-6-13-27(14-16)22(28)18-9-4-5-11-19(18)25-31(3,29)30/h4-5,9,11,16,25H,6-8,10,12-14H2,1-3H3/t16-/m0/s1. The Morgan fingerprint density at radius 3 is 2.71 bits per heavy atom. The second-order valence-corrected chi connectivity index (χ2v) is 10.3. The Labute approximate surface area is 183 Å². The summed E-state index contributed by atoms with van der Waals surface area (Å²) in [5, 5.41) is 0. The van der Waals surface area contributed by atoms with E-state index in [1.54, 1.807) is 29.2 Å². The van der Waals surface area contributed by atoms with Crippen molar-refractivity contribution in [2.45, 2.75) is 38.5 Å². The average molecular weight is 444 g/mol. The minimum absolute atomic E-state index is 0.0621. The van der Waals surface area contributed by atoms with Crippen molar-refractivity contribution in [3.05, 3.63) is 46.9 Å². The molecule has 2 aliphatic rings. The minimum Gasteiger partial charge on any atom is -0.359 e. The fourth-order valence-electron chi connectivity index (χ4n) is 4.49. The first-order chi connectivity index (χ1) is 14.7. The van der Waals surface area contributed by atoms with Crippen molar-refractivity contribution < 1.29 is 13.2 Å². The molecule has 9 heteroatoms. The zero-order valence-electron chi connectivity index (χ0n) is 18.3. The van der Waals surface area contributed by atoms with Gasteiger partial charge in [0.1, 0.15) is 11.6 Å². The quantitative estimate of drug-likeness (QED) is 0.780. The summed E-state index contributed by atoms with van der Waals surface area (Å²) in [5.41, 5.74) is 2.91. The molecule has 0 saturated carbocycles. The van der Waals surface area contributed by atoms with Gasteiger partial charge in [-0.25, -0.2) is 18.4 Å². The Kier molecular flexibility index (Phi) is 5.88. The summed E-state index contributed by atoms with van der Waals surface area (Å²) < 4.78 is 25.9. The maximum atomic E-state index is 13.3. The number of hydrogen-bond acceptors (Lipinski definition) is 6. The van der Waals surface area contributed by atoms with E-state index in [9.17, 15) is 13.2 Å². The highest BCUT2D eigenvalue weighted by Crippen LogP contribution is 2.32. The number of aryl methyl sites for hydroxylation is 1. The number of para-hydroxylation sites is 1. The van der Waals surface area contributed by atoms with Crippen molar-refractivity contribution >= 4 is 27.4 Å². The molecule has 31 heavy (non-hydrogen) atoms. The van der Waals surface area contributed by atoms with E-state index in [1.165, 1.54) is 5.56 Å². The van der Waals surface area contributed by atoms with Gasteiger partial charge in [0.05, 0.1) is 17.5 Å². The Morgan fingerprint density at radius 1 is 1.16 bits per heavy atom. The van der Waals surface area contributed by atoms with Crippen LogP contribution in [0.3, 0.4) is 0 Å². The Balaban J connectivity index is 1.58. The number of amides is 1. The molecule has 0 radical (unpaired) electrons. The van der Waals surface area contributed by atoms with Crippen molar-refractivity contribution in [3.8, 4) is 0 Å². The Morgan fingerprint density at radius 2 is 1.94 bits per heavy atom. The molecule has 1 atom stereocenters. The number of nitrogens with one attached hydrogen (secondary N) is 1. The van der Waals surface area contributed by atoms with Crippen LogP contribution in [0.25, 0.3) is 0 Å². The number of likely N-dealkylation sites (tertiary alicyclic amines) is 1. The molecule has 2 aromatic rings. The number of rotatable bonds is 4. The molecular formula is C22H29N5O3S. The van der Waals surface area contributed by atoms with E-state index in [0.29, 0.717) is 24.3 Å². The number of nitrogens with zero attached hydrogens (tertiary/aromatic N) is 4. The van der Waals surface area contributed by atoms with E-state index < -0.39 is 10.0 Å². The van der Waals surface area contributed by atoms with Gasteiger partial charge in [-0.2, -0.15) is 0 Å². The minimum atomic E-state index is -3.48. The highest BCUT2D eigenvalue weighted by atomic mass is 32.2. The second kappa shape index (κ2) is 8.45. The first-order valence-corrected chi connectivity index (χ1v) is 12.6. The molecule has 0 bridgehead atoms. The van der Waals surface area contributed by atoms with Crippen LogP contribution in [0, 0.1) is 6.92 Å². The van der Waals surface area contributed by atoms with Gasteiger partial charge in [-0.3, -0.25) is 9.52 Å². The first-order valence-electron chi connectivity index (χ1n) is 10.7. The first kappa shape index (κ1) is 21.5. The molecule has 2 aliphatic heterocycles. The van der Waals surface area contributed by atoms with Crippen LogP contribution in [0.2, 0.25) is 0 Å². The molecule has 0 spiro atoms. The van der Waals surface area contributed by atoms with E-state index in [2.05, 4.69) is 16.7 Å². The molecule has 1 saturated heterocycles. The lowest BCUT2D eigenvalue weighted by Gasteiger charge is -2.34. The van der Waals surface area contributed by atoms with Gasteiger partial charge in [0.25, 0.3) is 5.91 Å². The van der Waals surface area contributed by atoms with Crippen LogP contribution in [0.4, 0.5) is 11.5 Å². The molecule has 1 aromatic carbocycles. The van der Waals surface area contributed by atoms with Crippen molar-refractivity contribution in [1.82, 2.24) is 14.9 Å². The third kappa shape index (κ3) is 4.66. The van der Waals surface area contributed by atoms with Gasteiger partial charge in [-0.1, -0.05) is 12.1 Å². The summed E-state index contributed by atoms with van der Waals surface area (Å²) in [4.78, 5) is 27.0. The summed E-state index contributed by atoms with van der Waals surface area (Å²) in [6.07, 6.45) is 4.98. The molecule has 1 fully saturated rings. The molecule has 1 amide bonds. The van der Waals surface area contributed by atoms with Gasteiger partial charge in [-0.15, -0.1) is 0 Å². The van der Waals surface area contributed by atoms with Crippen LogP contribution in [-0.4, -0.2) is 62.1 Å². The number of hydrogen-bond donors (Lipinski definition) is 1. The highest BCUT2D eigenvalue weighted by molar-refractivity contribution is 7.92. The average Bonchev–Trinajstić information content (AvgIpc) is 2.73. The molecule has 1 N–H and O–H groups in total. The highest BCUT2D eigenvalue weighted by Gasteiger charge is 2.30. The molecule has 0 unspecified atom stereocenters. The fourth-order valence-corrected chi connectivity index (χ4v) is 5.07. The van der Waals surface area contributed by atoms with Crippen LogP contribution in [0.15, 0.2) is 24.3 Å².